The normalized spacial score (nSPS) is 34.4. The average Bonchev–Trinajstić information content (AvgIpc) is 3.18. The van der Waals surface area contributed by atoms with Gasteiger partial charge >= 0.3 is 7.75 Å². The molecule has 0 spiro atoms. The van der Waals surface area contributed by atoms with E-state index in [-0.39, 0.29) is 17.8 Å². The van der Waals surface area contributed by atoms with Crippen LogP contribution in [0.15, 0.2) is 22.4 Å². The van der Waals surface area contributed by atoms with Gasteiger partial charge in [0.05, 0.1) is 11.9 Å². The molecule has 0 aliphatic carbocycles. The molecule has 3 unspecified atom stereocenters. The lowest BCUT2D eigenvalue weighted by molar-refractivity contribution is -0.129. The van der Waals surface area contributed by atoms with Crippen LogP contribution in [0.25, 0.3) is 0 Å². The largest absolute Gasteiger partial charge is 0.409 e. The summed E-state index contributed by atoms with van der Waals surface area (Å²) in [6.45, 7) is 8.57. The molecule has 3 aliphatic heterocycles. The molecule has 3 rings (SSSR count). The summed E-state index contributed by atoms with van der Waals surface area (Å²) in [5.41, 5.74) is -0.205. The molecule has 0 radical (unpaired) electrons. The summed E-state index contributed by atoms with van der Waals surface area (Å²) in [5.74, 6) is -0.457. The van der Waals surface area contributed by atoms with E-state index in [1.807, 2.05) is 6.92 Å². The molecule has 154 valence electrons. The monoisotopic (exact) mass is 447 g/mol. The molecular weight excluding hydrogens is 425 g/mol. The molecule has 0 bridgehead atoms. The highest BCUT2D eigenvalue weighted by Crippen LogP contribution is 2.57. The standard InChI is InChI=1S/C15H22N5O5PS2/c1-9(2)8-20-11(21)10(3)27-15(20)17-16-14-19(5)12(22)13(28-14)25-26(23)18(4)6-7-24-26/h10,13H,1,6-8H2,2-5H3. The molecule has 0 aromatic heterocycles. The van der Waals surface area contributed by atoms with Crippen LogP contribution in [0.1, 0.15) is 13.8 Å². The van der Waals surface area contributed by atoms with E-state index < -0.39 is 19.1 Å². The van der Waals surface area contributed by atoms with Crippen molar-refractivity contribution in [2.45, 2.75) is 24.5 Å². The van der Waals surface area contributed by atoms with Gasteiger partial charge in [-0.1, -0.05) is 23.9 Å². The van der Waals surface area contributed by atoms with Crippen molar-refractivity contribution >= 4 is 53.4 Å². The molecule has 0 aromatic rings. The van der Waals surface area contributed by atoms with E-state index in [1.54, 1.807) is 14.0 Å². The molecule has 3 heterocycles. The van der Waals surface area contributed by atoms with Crippen molar-refractivity contribution in [2.24, 2.45) is 10.2 Å². The quantitative estimate of drug-likeness (QED) is 0.357. The van der Waals surface area contributed by atoms with Crippen molar-refractivity contribution in [1.29, 1.82) is 0 Å². The topological polar surface area (TPSA) is 104 Å². The van der Waals surface area contributed by atoms with Gasteiger partial charge in [0.2, 0.25) is 5.91 Å². The number of carbonyl (C=O) groups is 2. The van der Waals surface area contributed by atoms with Crippen LogP contribution in [0.5, 0.6) is 0 Å². The van der Waals surface area contributed by atoms with Crippen molar-refractivity contribution in [3.8, 4) is 0 Å². The lowest BCUT2D eigenvalue weighted by Crippen LogP contribution is -2.32. The second kappa shape index (κ2) is 8.29. The van der Waals surface area contributed by atoms with E-state index >= 15 is 0 Å². The van der Waals surface area contributed by atoms with Crippen molar-refractivity contribution in [2.75, 3.05) is 33.8 Å². The summed E-state index contributed by atoms with van der Waals surface area (Å²) in [5, 5.41) is 8.79. The van der Waals surface area contributed by atoms with Crippen molar-refractivity contribution < 1.29 is 23.2 Å². The van der Waals surface area contributed by atoms with E-state index in [9.17, 15) is 14.2 Å². The Morgan fingerprint density at radius 1 is 1.29 bits per heavy atom. The van der Waals surface area contributed by atoms with Crippen LogP contribution in [0.3, 0.4) is 0 Å². The predicted octanol–water partition coefficient (Wildman–Crippen LogP) is 1.77. The smallest absolute Gasteiger partial charge is 0.295 e. The van der Waals surface area contributed by atoms with Gasteiger partial charge in [0.25, 0.3) is 5.91 Å². The third-order valence-corrected chi connectivity index (χ3v) is 8.44. The van der Waals surface area contributed by atoms with Gasteiger partial charge in [0, 0.05) is 20.1 Å². The minimum absolute atomic E-state index is 0.0591. The Balaban J connectivity index is 1.76. The van der Waals surface area contributed by atoms with Gasteiger partial charge in [-0.3, -0.25) is 28.4 Å². The average molecular weight is 447 g/mol. The van der Waals surface area contributed by atoms with Crippen LogP contribution in [0, 0.1) is 0 Å². The van der Waals surface area contributed by atoms with E-state index in [0.29, 0.717) is 23.4 Å². The summed E-state index contributed by atoms with van der Waals surface area (Å²) in [7, 11) is -0.320. The highest BCUT2D eigenvalue weighted by Gasteiger charge is 2.46. The van der Waals surface area contributed by atoms with Crippen molar-refractivity contribution in [3.05, 3.63) is 12.2 Å². The maximum absolute atomic E-state index is 12.6. The molecule has 3 aliphatic rings. The van der Waals surface area contributed by atoms with E-state index in [4.69, 9.17) is 9.05 Å². The van der Waals surface area contributed by atoms with Crippen LogP contribution in [-0.4, -0.2) is 81.1 Å². The molecule has 0 N–H and O–H groups in total. The third-order valence-electron chi connectivity index (χ3n) is 4.12. The van der Waals surface area contributed by atoms with Gasteiger partial charge in [-0.15, -0.1) is 10.2 Å². The summed E-state index contributed by atoms with van der Waals surface area (Å²) < 4.78 is 24.8. The second-order valence-electron chi connectivity index (χ2n) is 6.54. The summed E-state index contributed by atoms with van der Waals surface area (Å²) in [6, 6.07) is 0. The number of rotatable bonds is 5. The number of carbonyl (C=O) groups excluding carboxylic acids is 2. The maximum Gasteiger partial charge on any atom is 0.409 e. The maximum atomic E-state index is 12.6. The molecule has 0 saturated carbocycles. The summed E-state index contributed by atoms with van der Waals surface area (Å²) in [6.07, 6.45) is 0. The molecule has 13 heteroatoms. The molecule has 28 heavy (non-hydrogen) atoms. The Morgan fingerprint density at radius 3 is 2.57 bits per heavy atom. The molecule has 3 saturated heterocycles. The molecule has 3 atom stereocenters. The zero-order valence-corrected chi connectivity index (χ0v) is 18.6. The lowest BCUT2D eigenvalue weighted by Gasteiger charge is -2.19. The van der Waals surface area contributed by atoms with Gasteiger partial charge < -0.3 is 0 Å². The van der Waals surface area contributed by atoms with Crippen LogP contribution in [0.4, 0.5) is 0 Å². The molecule has 10 nitrogen and oxygen atoms in total. The lowest BCUT2D eigenvalue weighted by atomic mass is 10.3. The zero-order valence-electron chi connectivity index (χ0n) is 16.0. The van der Waals surface area contributed by atoms with Crippen molar-refractivity contribution in [1.82, 2.24) is 14.5 Å². The van der Waals surface area contributed by atoms with Gasteiger partial charge in [0.1, 0.15) is 0 Å². The van der Waals surface area contributed by atoms with Crippen LogP contribution >= 0.6 is 31.3 Å². The number of amidine groups is 2. The number of thioether (sulfide) groups is 2. The molecule has 3 fully saturated rings. The summed E-state index contributed by atoms with van der Waals surface area (Å²) in [4.78, 5) is 27.5. The first-order valence-corrected chi connectivity index (χ1v) is 11.7. The van der Waals surface area contributed by atoms with Crippen LogP contribution in [-0.2, 0) is 23.2 Å². The Kier molecular flexibility index (Phi) is 6.38. The fourth-order valence-electron chi connectivity index (χ4n) is 2.54. The number of hydrogen-bond acceptors (Lipinski definition) is 9. The number of nitrogens with zero attached hydrogens (tertiary/aromatic N) is 5. The highest BCUT2D eigenvalue weighted by atomic mass is 32.2. The van der Waals surface area contributed by atoms with Crippen LogP contribution in [0.2, 0.25) is 0 Å². The molecule has 0 aromatic carbocycles. The molecule has 2 amide bonds. The van der Waals surface area contributed by atoms with Crippen LogP contribution < -0.4 is 0 Å². The SMILES string of the molecule is C=C(C)CN1C(=O)C(C)SC1=NN=C1SC(OP2(=O)OCCN2C)C(=O)N1C. The van der Waals surface area contributed by atoms with E-state index in [2.05, 4.69) is 16.8 Å². The number of amides is 2. The zero-order chi connectivity index (χ0) is 20.6. The Bertz CT molecular complexity index is 819. The number of hydrogen-bond donors (Lipinski definition) is 0. The molecular formula is C15H22N5O5PS2. The van der Waals surface area contributed by atoms with E-state index in [1.165, 1.54) is 33.3 Å². The second-order valence-corrected chi connectivity index (χ2v) is 11.0. The third kappa shape index (κ3) is 4.22. The fourth-order valence-corrected chi connectivity index (χ4v) is 6.13. The Hall–Kier alpha value is -1.17. The van der Waals surface area contributed by atoms with E-state index in [0.717, 1.165) is 17.3 Å². The fraction of sp³-hybridized carbons (Fsp3) is 0.600. The van der Waals surface area contributed by atoms with Gasteiger partial charge in [-0.25, -0.2) is 9.24 Å². The predicted molar refractivity (Wildman–Crippen MR) is 110 cm³/mol. The van der Waals surface area contributed by atoms with Gasteiger partial charge in [0.15, 0.2) is 15.8 Å². The Labute approximate surface area is 171 Å². The summed E-state index contributed by atoms with van der Waals surface area (Å²) >= 11 is 2.30. The Morgan fingerprint density at radius 2 is 1.96 bits per heavy atom. The first-order valence-electron chi connectivity index (χ1n) is 8.49. The van der Waals surface area contributed by atoms with Gasteiger partial charge in [-0.05, 0) is 32.7 Å². The minimum atomic E-state index is -3.47. The first kappa shape index (κ1) is 21.5. The first-order chi connectivity index (χ1) is 13.1. The van der Waals surface area contributed by atoms with Crippen molar-refractivity contribution in [3.63, 3.8) is 0 Å². The number of likely N-dealkylation sites (N-methyl/N-ethyl adjacent to an activating group) is 2. The highest BCUT2D eigenvalue weighted by molar-refractivity contribution is 8.16. The van der Waals surface area contributed by atoms with Gasteiger partial charge in [-0.2, -0.15) is 0 Å². The minimum Gasteiger partial charge on any atom is -0.295 e.